The Bertz CT molecular complexity index is 1040. The van der Waals surface area contributed by atoms with Gasteiger partial charge in [0.05, 0.1) is 0 Å². The number of thiophene rings is 1. The van der Waals surface area contributed by atoms with Gasteiger partial charge in [-0.1, -0.05) is 24.3 Å². The normalized spacial score (nSPS) is 10.8. The van der Waals surface area contributed by atoms with E-state index in [1.54, 1.807) is 11.3 Å². The largest absolute Gasteiger partial charge is 0.324 e. The summed E-state index contributed by atoms with van der Waals surface area (Å²) in [7, 11) is 0. The number of carbonyl (C=O) groups excluding carboxylic acids is 1. The summed E-state index contributed by atoms with van der Waals surface area (Å²) in [4.78, 5) is 17.2. The average molecular weight is 348 g/mol. The van der Waals surface area contributed by atoms with Crippen LogP contribution >= 0.6 is 11.3 Å². The minimum absolute atomic E-state index is 0.295. The van der Waals surface area contributed by atoms with E-state index in [1.807, 2.05) is 76.8 Å². The van der Waals surface area contributed by atoms with Crippen LogP contribution in [-0.2, 0) is 0 Å². The summed E-state index contributed by atoms with van der Waals surface area (Å²) >= 11 is 1.60. The quantitative estimate of drug-likeness (QED) is 0.546. The molecule has 124 valence electrons. The van der Waals surface area contributed by atoms with Crippen molar-refractivity contribution in [3.05, 3.63) is 71.1 Å². The molecular formula is C19H16N4OS. The van der Waals surface area contributed by atoms with E-state index in [0.717, 1.165) is 28.2 Å². The number of aromatic nitrogens is 2. The zero-order chi connectivity index (χ0) is 17.2. The van der Waals surface area contributed by atoms with Crippen LogP contribution in [0.4, 0.5) is 16.3 Å². The Kier molecular flexibility index (Phi) is 3.95. The lowest BCUT2D eigenvalue weighted by molar-refractivity contribution is 0.262. The Morgan fingerprint density at radius 2 is 1.92 bits per heavy atom. The molecule has 3 aromatic heterocycles. The maximum Gasteiger partial charge on any atom is 0.324 e. The number of urea groups is 1. The van der Waals surface area contributed by atoms with Crippen LogP contribution in [0.25, 0.3) is 16.9 Å². The highest BCUT2D eigenvalue weighted by Crippen LogP contribution is 2.30. The van der Waals surface area contributed by atoms with Crippen LogP contribution in [-0.4, -0.2) is 15.4 Å². The number of benzene rings is 1. The third-order valence-electron chi connectivity index (χ3n) is 3.95. The van der Waals surface area contributed by atoms with Crippen LogP contribution in [0.3, 0.4) is 0 Å². The molecule has 3 heterocycles. The molecule has 4 rings (SSSR count). The van der Waals surface area contributed by atoms with Crippen LogP contribution in [0.15, 0.2) is 65.5 Å². The SMILES string of the molecule is Cc1ccccc1NC(=O)Nc1c(-c2ccsc2)nc2ccccn12. The van der Waals surface area contributed by atoms with Crippen LogP contribution in [0.5, 0.6) is 0 Å². The fraction of sp³-hybridized carbons (Fsp3) is 0.0526. The van der Waals surface area contributed by atoms with Crippen LogP contribution in [0, 0.1) is 6.92 Å². The molecule has 5 nitrogen and oxygen atoms in total. The molecule has 25 heavy (non-hydrogen) atoms. The number of hydrogen-bond acceptors (Lipinski definition) is 3. The number of amides is 2. The lowest BCUT2D eigenvalue weighted by atomic mass is 10.2. The molecule has 0 atom stereocenters. The molecule has 2 N–H and O–H groups in total. The van der Waals surface area contributed by atoms with E-state index in [0.29, 0.717) is 5.82 Å². The lowest BCUT2D eigenvalue weighted by Crippen LogP contribution is -2.21. The first-order chi connectivity index (χ1) is 12.2. The second-order valence-corrected chi connectivity index (χ2v) is 6.42. The van der Waals surface area contributed by atoms with E-state index in [-0.39, 0.29) is 6.03 Å². The number of anilines is 2. The van der Waals surface area contributed by atoms with Crippen molar-refractivity contribution in [1.29, 1.82) is 0 Å². The number of fused-ring (bicyclic) bond motifs is 1. The maximum atomic E-state index is 12.5. The highest BCUT2D eigenvalue weighted by Gasteiger charge is 2.16. The van der Waals surface area contributed by atoms with E-state index < -0.39 is 0 Å². The monoisotopic (exact) mass is 348 g/mol. The average Bonchev–Trinajstić information content (AvgIpc) is 3.25. The number of pyridine rings is 1. The number of imidazole rings is 1. The number of rotatable bonds is 3. The summed E-state index contributed by atoms with van der Waals surface area (Å²) < 4.78 is 1.88. The van der Waals surface area contributed by atoms with Gasteiger partial charge in [0.15, 0.2) is 0 Å². The van der Waals surface area contributed by atoms with Crippen molar-refractivity contribution in [3.8, 4) is 11.3 Å². The van der Waals surface area contributed by atoms with E-state index in [9.17, 15) is 4.79 Å². The van der Waals surface area contributed by atoms with Crippen molar-refractivity contribution < 1.29 is 4.79 Å². The molecule has 4 aromatic rings. The Balaban J connectivity index is 1.70. The minimum Gasteiger partial charge on any atom is -0.307 e. The van der Waals surface area contributed by atoms with Gasteiger partial charge in [0.1, 0.15) is 17.2 Å². The van der Waals surface area contributed by atoms with E-state index >= 15 is 0 Å². The first kappa shape index (κ1) is 15.4. The smallest absolute Gasteiger partial charge is 0.307 e. The second-order valence-electron chi connectivity index (χ2n) is 5.64. The number of nitrogens with one attached hydrogen (secondary N) is 2. The van der Waals surface area contributed by atoms with Crippen molar-refractivity contribution in [2.45, 2.75) is 6.92 Å². The number of hydrogen-bond donors (Lipinski definition) is 2. The third-order valence-corrected chi connectivity index (χ3v) is 4.63. The molecule has 0 aliphatic rings. The summed E-state index contributed by atoms with van der Waals surface area (Å²) in [5.74, 6) is 0.653. The summed E-state index contributed by atoms with van der Waals surface area (Å²) in [6, 6.07) is 15.1. The molecule has 0 aliphatic heterocycles. The zero-order valence-electron chi connectivity index (χ0n) is 13.6. The van der Waals surface area contributed by atoms with Gasteiger partial charge < -0.3 is 5.32 Å². The molecule has 0 unspecified atom stereocenters. The number of aryl methyl sites for hydroxylation is 1. The van der Waals surface area contributed by atoms with Crippen molar-refractivity contribution in [3.63, 3.8) is 0 Å². The number of para-hydroxylation sites is 1. The first-order valence-electron chi connectivity index (χ1n) is 7.85. The molecular weight excluding hydrogens is 332 g/mol. The predicted octanol–water partition coefficient (Wildman–Crippen LogP) is 5.02. The van der Waals surface area contributed by atoms with Gasteiger partial charge in [-0.05, 0) is 42.1 Å². The highest BCUT2D eigenvalue weighted by molar-refractivity contribution is 7.08. The minimum atomic E-state index is -0.295. The summed E-state index contributed by atoms with van der Waals surface area (Å²) in [5.41, 5.74) is 4.32. The van der Waals surface area contributed by atoms with Gasteiger partial charge in [0.25, 0.3) is 0 Å². The summed E-state index contributed by atoms with van der Waals surface area (Å²) in [6.07, 6.45) is 1.89. The molecule has 0 aliphatic carbocycles. The predicted molar refractivity (Wildman–Crippen MR) is 102 cm³/mol. The standard InChI is InChI=1S/C19H16N4OS/c1-13-6-2-3-7-15(13)20-19(24)22-18-17(14-9-11-25-12-14)21-16-8-4-5-10-23(16)18/h2-12H,1H3,(H2,20,22,24). The second kappa shape index (κ2) is 6.41. The fourth-order valence-corrected chi connectivity index (χ4v) is 3.33. The summed E-state index contributed by atoms with van der Waals surface area (Å²) in [5, 5.41) is 9.87. The van der Waals surface area contributed by atoms with E-state index in [2.05, 4.69) is 15.6 Å². The molecule has 2 amide bonds. The first-order valence-corrected chi connectivity index (χ1v) is 8.80. The molecule has 0 radical (unpaired) electrons. The topological polar surface area (TPSA) is 58.4 Å². The van der Waals surface area contributed by atoms with Crippen molar-refractivity contribution in [2.24, 2.45) is 0 Å². The van der Waals surface area contributed by atoms with Crippen molar-refractivity contribution >= 4 is 34.5 Å². The molecule has 0 bridgehead atoms. The van der Waals surface area contributed by atoms with Gasteiger partial charge in [0.2, 0.25) is 0 Å². The van der Waals surface area contributed by atoms with E-state index in [4.69, 9.17) is 0 Å². The van der Waals surface area contributed by atoms with Crippen molar-refractivity contribution in [2.75, 3.05) is 10.6 Å². The van der Waals surface area contributed by atoms with Crippen LogP contribution < -0.4 is 10.6 Å². The fourth-order valence-electron chi connectivity index (χ4n) is 2.69. The Morgan fingerprint density at radius 1 is 1.08 bits per heavy atom. The van der Waals surface area contributed by atoms with Crippen LogP contribution in [0.1, 0.15) is 5.56 Å². The van der Waals surface area contributed by atoms with Gasteiger partial charge >= 0.3 is 6.03 Å². The Labute approximate surface area is 149 Å². The van der Waals surface area contributed by atoms with Gasteiger partial charge in [-0.15, -0.1) is 0 Å². The van der Waals surface area contributed by atoms with Crippen molar-refractivity contribution in [1.82, 2.24) is 9.38 Å². The van der Waals surface area contributed by atoms with Gasteiger partial charge in [-0.2, -0.15) is 11.3 Å². The van der Waals surface area contributed by atoms with E-state index in [1.165, 1.54) is 0 Å². The van der Waals surface area contributed by atoms with Gasteiger partial charge in [-0.3, -0.25) is 9.72 Å². The molecule has 0 saturated carbocycles. The lowest BCUT2D eigenvalue weighted by Gasteiger charge is -2.10. The Morgan fingerprint density at radius 3 is 2.72 bits per heavy atom. The Hall–Kier alpha value is -3.12. The molecule has 0 saturated heterocycles. The highest BCUT2D eigenvalue weighted by atomic mass is 32.1. The van der Waals surface area contributed by atoms with Gasteiger partial charge in [-0.25, -0.2) is 9.78 Å². The molecule has 0 spiro atoms. The maximum absolute atomic E-state index is 12.5. The number of nitrogens with zero attached hydrogens (tertiary/aromatic N) is 2. The third kappa shape index (κ3) is 2.99. The molecule has 6 heteroatoms. The molecule has 1 aromatic carbocycles. The summed E-state index contributed by atoms with van der Waals surface area (Å²) in [6.45, 7) is 1.96. The zero-order valence-corrected chi connectivity index (χ0v) is 14.4. The molecule has 0 fully saturated rings. The van der Waals surface area contributed by atoms with Crippen LogP contribution in [0.2, 0.25) is 0 Å². The number of carbonyl (C=O) groups is 1. The van der Waals surface area contributed by atoms with Gasteiger partial charge in [0, 0.05) is 22.8 Å².